The van der Waals surface area contributed by atoms with Gasteiger partial charge in [0, 0.05) is 10.0 Å². The van der Waals surface area contributed by atoms with Gasteiger partial charge in [-0.05, 0) is 36.4 Å². The number of fused-ring (bicyclic) bond motifs is 1. The summed E-state index contributed by atoms with van der Waals surface area (Å²) >= 11 is 3.34. The Morgan fingerprint density at radius 3 is 2.63 bits per heavy atom. The number of nitrogens with zero attached hydrogens (tertiary/aromatic N) is 2. The Hall–Kier alpha value is -2.14. The number of nitrogens with one attached hydrogen (secondary N) is 1. The Balaban J connectivity index is 1.89. The minimum atomic E-state index is -0.171. The molecule has 2 aromatic carbocycles. The first-order valence-electron chi connectivity index (χ1n) is 5.73. The molecule has 0 fully saturated rings. The highest BCUT2D eigenvalue weighted by atomic mass is 79.9. The van der Waals surface area contributed by atoms with E-state index < -0.39 is 0 Å². The van der Waals surface area contributed by atoms with Gasteiger partial charge in [0.05, 0.1) is 11.0 Å². The van der Waals surface area contributed by atoms with Gasteiger partial charge in [0.25, 0.3) is 5.91 Å². The van der Waals surface area contributed by atoms with Gasteiger partial charge in [-0.1, -0.05) is 28.1 Å². The third-order valence-electron chi connectivity index (χ3n) is 2.78. The van der Waals surface area contributed by atoms with E-state index in [9.17, 15) is 4.79 Å². The molecule has 1 amide bonds. The predicted octanol–water partition coefficient (Wildman–Crippen LogP) is 3.18. The van der Waals surface area contributed by atoms with Crippen LogP contribution < -0.4 is 5.43 Å². The Kier molecular flexibility index (Phi) is 3.05. The average molecular weight is 316 g/mol. The van der Waals surface area contributed by atoms with Crippen LogP contribution in [0.3, 0.4) is 0 Å². The molecule has 0 aliphatic carbocycles. The third kappa shape index (κ3) is 2.37. The van der Waals surface area contributed by atoms with E-state index in [-0.39, 0.29) is 5.91 Å². The zero-order chi connectivity index (χ0) is 13.2. The van der Waals surface area contributed by atoms with Crippen LogP contribution in [0.4, 0.5) is 0 Å². The summed E-state index contributed by atoms with van der Waals surface area (Å²) in [4.78, 5) is 16.3. The minimum Gasteiger partial charge on any atom is -0.267 e. The van der Waals surface area contributed by atoms with Crippen LogP contribution in [-0.4, -0.2) is 15.6 Å². The summed E-state index contributed by atoms with van der Waals surface area (Å²) in [5, 5.41) is 0. The van der Waals surface area contributed by atoms with Crippen LogP contribution in [-0.2, 0) is 0 Å². The molecular weight excluding hydrogens is 306 g/mol. The van der Waals surface area contributed by atoms with E-state index in [1.54, 1.807) is 23.1 Å². The number of hydrogen-bond donors (Lipinski definition) is 1. The fourth-order valence-corrected chi connectivity index (χ4v) is 2.09. The smallest absolute Gasteiger partial charge is 0.267 e. The molecule has 0 saturated heterocycles. The molecule has 5 heteroatoms. The quantitative estimate of drug-likeness (QED) is 0.789. The first-order valence-corrected chi connectivity index (χ1v) is 6.52. The SMILES string of the molecule is O=C(Nn1cnc2ccccc21)c1ccc(Br)cc1. The number of imidazole rings is 1. The molecule has 0 radical (unpaired) electrons. The lowest BCUT2D eigenvalue weighted by molar-refractivity contribution is 0.101. The fourth-order valence-electron chi connectivity index (χ4n) is 1.82. The van der Waals surface area contributed by atoms with Crippen LogP contribution in [0.5, 0.6) is 0 Å². The number of para-hydroxylation sites is 2. The van der Waals surface area contributed by atoms with Gasteiger partial charge < -0.3 is 0 Å². The van der Waals surface area contributed by atoms with Crippen molar-refractivity contribution in [3.63, 3.8) is 0 Å². The van der Waals surface area contributed by atoms with E-state index in [2.05, 4.69) is 26.3 Å². The number of hydrogen-bond acceptors (Lipinski definition) is 2. The van der Waals surface area contributed by atoms with Gasteiger partial charge in [-0.2, -0.15) is 0 Å². The molecule has 0 aliphatic rings. The van der Waals surface area contributed by atoms with E-state index in [4.69, 9.17) is 0 Å². The Bertz CT molecular complexity index is 734. The first kappa shape index (κ1) is 11.9. The molecule has 94 valence electrons. The highest BCUT2D eigenvalue weighted by Crippen LogP contribution is 2.12. The fraction of sp³-hybridized carbons (Fsp3) is 0. The summed E-state index contributed by atoms with van der Waals surface area (Å²) in [6, 6.07) is 14.8. The lowest BCUT2D eigenvalue weighted by atomic mass is 10.2. The lowest BCUT2D eigenvalue weighted by Crippen LogP contribution is -2.21. The van der Waals surface area contributed by atoms with Crippen LogP contribution >= 0.6 is 15.9 Å². The second-order valence-corrected chi connectivity index (χ2v) is 4.97. The maximum atomic E-state index is 12.1. The summed E-state index contributed by atoms with van der Waals surface area (Å²) in [6.45, 7) is 0. The molecule has 0 aliphatic heterocycles. The van der Waals surface area contributed by atoms with E-state index in [1.165, 1.54) is 0 Å². The number of benzene rings is 2. The number of rotatable bonds is 2. The Labute approximate surface area is 118 Å². The molecular formula is C14H10BrN3O. The molecule has 1 N–H and O–H groups in total. The van der Waals surface area contributed by atoms with Crippen LogP contribution in [0, 0.1) is 0 Å². The standard InChI is InChI=1S/C14H10BrN3O/c15-11-7-5-10(6-8-11)14(19)17-18-9-16-12-3-1-2-4-13(12)18/h1-9H,(H,17,19). The highest BCUT2D eigenvalue weighted by molar-refractivity contribution is 9.10. The van der Waals surface area contributed by atoms with Crippen molar-refractivity contribution >= 4 is 32.9 Å². The topological polar surface area (TPSA) is 46.9 Å². The molecule has 0 bridgehead atoms. The van der Waals surface area contributed by atoms with Gasteiger partial charge in [-0.15, -0.1) is 0 Å². The first-order chi connectivity index (χ1) is 9.24. The number of amides is 1. The molecule has 0 spiro atoms. The van der Waals surface area contributed by atoms with Crippen molar-refractivity contribution in [2.45, 2.75) is 0 Å². The molecule has 19 heavy (non-hydrogen) atoms. The van der Waals surface area contributed by atoms with E-state index in [0.717, 1.165) is 15.5 Å². The highest BCUT2D eigenvalue weighted by Gasteiger charge is 2.07. The number of aromatic nitrogens is 2. The summed E-state index contributed by atoms with van der Waals surface area (Å²) in [7, 11) is 0. The molecule has 4 nitrogen and oxygen atoms in total. The van der Waals surface area contributed by atoms with Gasteiger partial charge in [0.15, 0.2) is 0 Å². The largest absolute Gasteiger partial charge is 0.270 e. The number of carbonyl (C=O) groups excluding carboxylic acids is 1. The van der Waals surface area contributed by atoms with Gasteiger partial charge >= 0.3 is 0 Å². The minimum absolute atomic E-state index is 0.171. The van der Waals surface area contributed by atoms with Crippen LogP contribution in [0.1, 0.15) is 10.4 Å². The lowest BCUT2D eigenvalue weighted by Gasteiger charge is -2.06. The van der Waals surface area contributed by atoms with Gasteiger partial charge in [0.2, 0.25) is 0 Å². The molecule has 0 unspecified atom stereocenters. The molecule has 3 rings (SSSR count). The van der Waals surface area contributed by atoms with Crippen molar-refractivity contribution in [3.05, 3.63) is 64.9 Å². The van der Waals surface area contributed by atoms with E-state index in [1.807, 2.05) is 36.4 Å². The number of carbonyl (C=O) groups is 1. The Morgan fingerprint density at radius 2 is 1.84 bits per heavy atom. The molecule has 0 saturated carbocycles. The van der Waals surface area contributed by atoms with Crippen molar-refractivity contribution in [1.29, 1.82) is 0 Å². The van der Waals surface area contributed by atoms with Gasteiger partial charge in [-0.25, -0.2) is 9.66 Å². The second-order valence-electron chi connectivity index (χ2n) is 4.05. The van der Waals surface area contributed by atoms with E-state index >= 15 is 0 Å². The molecule has 3 aromatic rings. The van der Waals surface area contributed by atoms with Crippen LogP contribution in [0.25, 0.3) is 11.0 Å². The maximum absolute atomic E-state index is 12.1. The monoisotopic (exact) mass is 315 g/mol. The maximum Gasteiger partial charge on any atom is 0.270 e. The third-order valence-corrected chi connectivity index (χ3v) is 3.31. The number of halogens is 1. The van der Waals surface area contributed by atoms with E-state index in [0.29, 0.717) is 5.56 Å². The zero-order valence-electron chi connectivity index (χ0n) is 9.88. The zero-order valence-corrected chi connectivity index (χ0v) is 11.5. The molecule has 1 heterocycles. The van der Waals surface area contributed by atoms with Crippen LogP contribution in [0.2, 0.25) is 0 Å². The summed E-state index contributed by atoms with van der Waals surface area (Å²) in [6.07, 6.45) is 1.60. The summed E-state index contributed by atoms with van der Waals surface area (Å²) < 4.78 is 2.57. The van der Waals surface area contributed by atoms with Gasteiger partial charge in [0.1, 0.15) is 6.33 Å². The summed E-state index contributed by atoms with van der Waals surface area (Å²) in [5.74, 6) is -0.171. The summed E-state index contributed by atoms with van der Waals surface area (Å²) in [5.41, 5.74) is 5.11. The van der Waals surface area contributed by atoms with Crippen molar-refractivity contribution in [3.8, 4) is 0 Å². The van der Waals surface area contributed by atoms with Crippen molar-refractivity contribution in [2.24, 2.45) is 0 Å². The van der Waals surface area contributed by atoms with Gasteiger partial charge in [-0.3, -0.25) is 10.2 Å². The second kappa shape index (κ2) is 4.85. The average Bonchev–Trinajstić information content (AvgIpc) is 2.83. The molecule has 0 atom stereocenters. The molecule has 1 aromatic heterocycles. The van der Waals surface area contributed by atoms with Crippen molar-refractivity contribution in [2.75, 3.05) is 5.43 Å². The normalized spacial score (nSPS) is 10.6. The van der Waals surface area contributed by atoms with Crippen molar-refractivity contribution < 1.29 is 4.79 Å². The predicted molar refractivity (Wildman–Crippen MR) is 77.6 cm³/mol. The van der Waals surface area contributed by atoms with Crippen LogP contribution in [0.15, 0.2) is 59.3 Å². The van der Waals surface area contributed by atoms with Crippen molar-refractivity contribution in [1.82, 2.24) is 9.66 Å². The Morgan fingerprint density at radius 1 is 1.11 bits per heavy atom.